The number of nitrogens with one attached hydrogen (secondary N) is 1. The molecule has 5 nitrogen and oxygen atoms in total. The van der Waals surface area contributed by atoms with Gasteiger partial charge >= 0.3 is 0 Å². The Bertz CT molecular complexity index is 309. The Morgan fingerprint density at radius 3 is 3.00 bits per heavy atom. The molecule has 0 bridgehead atoms. The molecule has 0 aromatic heterocycles. The molecule has 5 heteroatoms. The van der Waals surface area contributed by atoms with Crippen LogP contribution in [-0.2, 0) is 4.79 Å². The molecule has 17 heavy (non-hydrogen) atoms. The summed E-state index contributed by atoms with van der Waals surface area (Å²) in [5.74, 6) is 0.351. The van der Waals surface area contributed by atoms with Gasteiger partial charge in [-0.2, -0.15) is 0 Å². The summed E-state index contributed by atoms with van der Waals surface area (Å²) in [6, 6.07) is 1.21. The number of fused-ring (bicyclic) bond motifs is 1. The van der Waals surface area contributed by atoms with Crippen molar-refractivity contribution in [3.63, 3.8) is 0 Å². The molecule has 3 aliphatic heterocycles. The van der Waals surface area contributed by atoms with Gasteiger partial charge in [0.05, 0.1) is 0 Å². The van der Waals surface area contributed by atoms with Gasteiger partial charge in [0.1, 0.15) is 0 Å². The van der Waals surface area contributed by atoms with Gasteiger partial charge in [-0.15, -0.1) is 0 Å². The Morgan fingerprint density at radius 1 is 1.29 bits per heavy atom. The molecular formula is C12H22N4O. The van der Waals surface area contributed by atoms with Crippen molar-refractivity contribution in [3.05, 3.63) is 0 Å². The summed E-state index contributed by atoms with van der Waals surface area (Å²) in [6.45, 7) is 4.93. The van der Waals surface area contributed by atoms with Gasteiger partial charge in [0.15, 0.2) is 0 Å². The summed E-state index contributed by atoms with van der Waals surface area (Å²) >= 11 is 0. The molecular weight excluding hydrogens is 216 g/mol. The fraction of sp³-hybridized carbons (Fsp3) is 0.917. The molecule has 3 saturated heterocycles. The number of piperazine rings is 1. The SMILES string of the molecule is NC1CNCCC1N1CCN2C(=O)CCC2C1. The van der Waals surface area contributed by atoms with E-state index < -0.39 is 0 Å². The first-order valence-corrected chi connectivity index (χ1v) is 6.75. The molecule has 0 aromatic carbocycles. The maximum absolute atomic E-state index is 11.6. The summed E-state index contributed by atoms with van der Waals surface area (Å²) in [4.78, 5) is 16.2. The van der Waals surface area contributed by atoms with Crippen LogP contribution in [0.5, 0.6) is 0 Å². The largest absolute Gasteiger partial charge is 0.337 e. The first kappa shape index (κ1) is 11.4. The third-order valence-corrected chi connectivity index (χ3v) is 4.49. The van der Waals surface area contributed by atoms with Crippen LogP contribution in [0.2, 0.25) is 0 Å². The van der Waals surface area contributed by atoms with Gasteiger partial charge in [0.25, 0.3) is 0 Å². The molecule has 0 aromatic rings. The second-order valence-electron chi connectivity index (χ2n) is 5.50. The van der Waals surface area contributed by atoms with E-state index in [4.69, 9.17) is 5.73 Å². The third kappa shape index (κ3) is 2.07. The molecule has 0 saturated carbocycles. The number of nitrogens with two attached hydrogens (primary N) is 1. The minimum absolute atomic E-state index is 0.243. The number of nitrogens with zero attached hydrogens (tertiary/aromatic N) is 2. The van der Waals surface area contributed by atoms with Crippen LogP contribution in [0.3, 0.4) is 0 Å². The molecule has 3 unspecified atom stereocenters. The van der Waals surface area contributed by atoms with Gasteiger partial charge in [-0.1, -0.05) is 0 Å². The lowest BCUT2D eigenvalue weighted by atomic mass is 9.98. The summed E-state index contributed by atoms with van der Waals surface area (Å²) in [6.07, 6.45) is 2.92. The second-order valence-corrected chi connectivity index (χ2v) is 5.50. The molecule has 3 aliphatic rings. The molecule has 3 rings (SSSR count). The van der Waals surface area contributed by atoms with Crippen LogP contribution in [0, 0.1) is 0 Å². The zero-order valence-corrected chi connectivity index (χ0v) is 10.3. The highest BCUT2D eigenvalue weighted by Gasteiger charge is 2.38. The maximum atomic E-state index is 11.6. The third-order valence-electron chi connectivity index (χ3n) is 4.49. The molecule has 3 fully saturated rings. The number of hydrogen-bond acceptors (Lipinski definition) is 4. The Labute approximate surface area is 102 Å². The number of amides is 1. The fourth-order valence-electron chi connectivity index (χ4n) is 3.51. The van der Waals surface area contributed by atoms with Crippen molar-refractivity contribution >= 4 is 5.91 Å². The number of carbonyl (C=O) groups is 1. The highest BCUT2D eigenvalue weighted by Crippen LogP contribution is 2.25. The van der Waals surface area contributed by atoms with E-state index >= 15 is 0 Å². The molecule has 0 spiro atoms. The van der Waals surface area contributed by atoms with Crippen LogP contribution < -0.4 is 11.1 Å². The Morgan fingerprint density at radius 2 is 2.18 bits per heavy atom. The fourth-order valence-corrected chi connectivity index (χ4v) is 3.51. The predicted octanol–water partition coefficient (Wildman–Crippen LogP) is -1.02. The van der Waals surface area contributed by atoms with Crippen molar-refractivity contribution in [3.8, 4) is 0 Å². The minimum atomic E-state index is 0.243. The van der Waals surface area contributed by atoms with E-state index in [1.807, 2.05) is 0 Å². The van der Waals surface area contributed by atoms with E-state index in [0.717, 1.165) is 52.0 Å². The van der Waals surface area contributed by atoms with E-state index in [2.05, 4.69) is 15.1 Å². The Kier molecular flexibility index (Phi) is 3.06. The first-order valence-electron chi connectivity index (χ1n) is 6.75. The van der Waals surface area contributed by atoms with Crippen molar-refractivity contribution < 1.29 is 4.79 Å². The molecule has 0 aliphatic carbocycles. The number of carbonyl (C=O) groups excluding carboxylic acids is 1. The van der Waals surface area contributed by atoms with Crippen LogP contribution in [0.4, 0.5) is 0 Å². The molecule has 1 amide bonds. The zero-order valence-electron chi connectivity index (χ0n) is 10.3. The monoisotopic (exact) mass is 238 g/mol. The van der Waals surface area contributed by atoms with Gasteiger partial charge < -0.3 is 16.0 Å². The van der Waals surface area contributed by atoms with Crippen LogP contribution in [0.1, 0.15) is 19.3 Å². The number of rotatable bonds is 1. The normalized spacial score (nSPS) is 39.5. The quantitative estimate of drug-likeness (QED) is 0.614. The summed E-state index contributed by atoms with van der Waals surface area (Å²) in [7, 11) is 0. The summed E-state index contributed by atoms with van der Waals surface area (Å²) in [5.41, 5.74) is 6.19. The average Bonchev–Trinajstić information content (AvgIpc) is 2.71. The van der Waals surface area contributed by atoms with E-state index in [-0.39, 0.29) is 6.04 Å². The van der Waals surface area contributed by atoms with Crippen LogP contribution in [0.25, 0.3) is 0 Å². The molecule has 96 valence electrons. The first-order chi connectivity index (χ1) is 8.25. The maximum Gasteiger partial charge on any atom is 0.222 e. The lowest BCUT2D eigenvalue weighted by Crippen LogP contribution is -2.62. The van der Waals surface area contributed by atoms with Crippen LogP contribution in [-0.4, -0.2) is 66.6 Å². The number of piperidine rings is 1. The smallest absolute Gasteiger partial charge is 0.222 e. The van der Waals surface area contributed by atoms with Crippen molar-refractivity contribution in [2.75, 3.05) is 32.7 Å². The topological polar surface area (TPSA) is 61.6 Å². The van der Waals surface area contributed by atoms with E-state index in [0.29, 0.717) is 18.0 Å². The van der Waals surface area contributed by atoms with Gasteiger partial charge in [0, 0.05) is 50.7 Å². The highest BCUT2D eigenvalue weighted by molar-refractivity contribution is 5.78. The predicted molar refractivity (Wildman–Crippen MR) is 65.6 cm³/mol. The molecule has 3 heterocycles. The Balaban J connectivity index is 1.64. The van der Waals surface area contributed by atoms with Crippen molar-refractivity contribution in [1.82, 2.24) is 15.1 Å². The van der Waals surface area contributed by atoms with E-state index in [1.165, 1.54) is 0 Å². The lowest BCUT2D eigenvalue weighted by molar-refractivity contribution is -0.131. The van der Waals surface area contributed by atoms with Gasteiger partial charge in [-0.25, -0.2) is 0 Å². The van der Waals surface area contributed by atoms with Crippen molar-refractivity contribution in [2.45, 2.75) is 37.4 Å². The molecule has 3 atom stereocenters. The van der Waals surface area contributed by atoms with Crippen molar-refractivity contribution in [2.24, 2.45) is 5.73 Å². The minimum Gasteiger partial charge on any atom is -0.337 e. The average molecular weight is 238 g/mol. The van der Waals surface area contributed by atoms with Crippen LogP contribution in [0.15, 0.2) is 0 Å². The van der Waals surface area contributed by atoms with Gasteiger partial charge in [-0.3, -0.25) is 9.69 Å². The van der Waals surface area contributed by atoms with Gasteiger partial charge in [-0.05, 0) is 19.4 Å². The summed E-state index contributed by atoms with van der Waals surface area (Å²) < 4.78 is 0. The lowest BCUT2D eigenvalue weighted by Gasteiger charge is -2.45. The molecule has 3 N–H and O–H groups in total. The molecule has 0 radical (unpaired) electrons. The Hall–Kier alpha value is -0.650. The standard InChI is InChI=1S/C12H22N4O/c13-10-7-14-4-3-11(10)15-5-6-16-9(8-15)1-2-12(16)17/h9-11,14H,1-8,13H2. The second kappa shape index (κ2) is 4.55. The summed E-state index contributed by atoms with van der Waals surface area (Å²) in [5, 5.41) is 3.34. The zero-order chi connectivity index (χ0) is 11.8. The van der Waals surface area contributed by atoms with E-state index in [9.17, 15) is 4.79 Å². The van der Waals surface area contributed by atoms with Gasteiger partial charge in [0.2, 0.25) is 5.91 Å². The van der Waals surface area contributed by atoms with Crippen molar-refractivity contribution in [1.29, 1.82) is 0 Å². The number of hydrogen-bond donors (Lipinski definition) is 2. The van der Waals surface area contributed by atoms with E-state index in [1.54, 1.807) is 0 Å². The highest BCUT2D eigenvalue weighted by atomic mass is 16.2. The van der Waals surface area contributed by atoms with Crippen LogP contribution >= 0.6 is 0 Å².